The van der Waals surface area contributed by atoms with Crippen molar-refractivity contribution in [3.8, 4) is 11.5 Å². The predicted molar refractivity (Wildman–Crippen MR) is 177 cm³/mol. The number of carbonyl (C=O) groups excluding carboxylic acids is 2. The summed E-state index contributed by atoms with van der Waals surface area (Å²) in [7, 11) is 3.73. The Bertz CT molecular complexity index is 1520. The minimum Gasteiger partial charge on any atom is -0.497 e. The lowest BCUT2D eigenvalue weighted by Gasteiger charge is -2.33. The zero-order chi connectivity index (χ0) is 32.2. The van der Waals surface area contributed by atoms with E-state index >= 15 is 0 Å². The molecule has 1 atom stereocenters. The maximum Gasteiger partial charge on any atom is 0.210 e. The lowest BCUT2D eigenvalue weighted by atomic mass is 9.93. The highest BCUT2D eigenvalue weighted by Gasteiger charge is 2.31. The van der Waals surface area contributed by atoms with Crippen LogP contribution in [0, 0.1) is 5.82 Å². The summed E-state index contributed by atoms with van der Waals surface area (Å²) in [5.41, 5.74) is 4.42. The second-order valence-electron chi connectivity index (χ2n) is 11.0. The molecule has 45 heavy (non-hydrogen) atoms. The third-order valence-corrected chi connectivity index (χ3v) is 8.20. The lowest BCUT2D eigenvalue weighted by Crippen LogP contribution is -2.44. The molecule has 10 heteroatoms. The SMILES string of the molecule is CC=O.CN1CCN(CCCOc2cccc(C3c4[nH]c5ccc(Cl)cc5c4CCN3C=O)c2)CC1.COc1ccc(F)cc1. The maximum atomic E-state index is 12.2. The van der Waals surface area contributed by atoms with E-state index in [1.165, 1.54) is 24.6 Å². The molecule has 6 rings (SSSR count). The third-order valence-electron chi connectivity index (χ3n) is 7.97. The first-order valence-electron chi connectivity index (χ1n) is 15.2. The second-order valence-corrected chi connectivity index (χ2v) is 11.5. The van der Waals surface area contributed by atoms with Crippen LogP contribution in [0.5, 0.6) is 11.5 Å². The summed E-state index contributed by atoms with van der Waals surface area (Å²) in [4.78, 5) is 31.1. The van der Waals surface area contributed by atoms with E-state index in [1.54, 1.807) is 19.2 Å². The van der Waals surface area contributed by atoms with Gasteiger partial charge in [-0.1, -0.05) is 23.7 Å². The summed E-state index contributed by atoms with van der Waals surface area (Å²) < 4.78 is 23.1. The van der Waals surface area contributed by atoms with Crippen molar-refractivity contribution in [2.24, 2.45) is 0 Å². The quantitative estimate of drug-likeness (QED) is 0.189. The number of nitrogens with zero attached hydrogens (tertiary/aromatic N) is 3. The Labute approximate surface area is 269 Å². The van der Waals surface area contributed by atoms with Crippen LogP contribution in [0.15, 0.2) is 66.7 Å². The Kier molecular flexibility index (Phi) is 12.8. The highest BCUT2D eigenvalue weighted by atomic mass is 35.5. The number of aromatic nitrogens is 1. The first kappa shape index (κ1) is 34.0. The van der Waals surface area contributed by atoms with E-state index in [-0.39, 0.29) is 11.9 Å². The molecule has 0 spiro atoms. The molecule has 0 bridgehead atoms. The van der Waals surface area contributed by atoms with Crippen LogP contribution in [0.2, 0.25) is 5.02 Å². The molecule has 1 fully saturated rings. The zero-order valence-electron chi connectivity index (χ0n) is 26.2. The van der Waals surface area contributed by atoms with Crippen LogP contribution >= 0.6 is 11.6 Å². The number of aromatic amines is 1. The molecular weight excluding hydrogens is 595 g/mol. The Morgan fingerprint density at radius 2 is 1.71 bits per heavy atom. The number of piperazine rings is 1. The Morgan fingerprint density at radius 3 is 2.40 bits per heavy atom. The lowest BCUT2D eigenvalue weighted by molar-refractivity contribution is -0.120. The maximum absolute atomic E-state index is 12.2. The molecule has 1 unspecified atom stereocenters. The van der Waals surface area contributed by atoms with Crippen LogP contribution < -0.4 is 9.47 Å². The van der Waals surface area contributed by atoms with Gasteiger partial charge in [-0.05, 0) is 92.5 Å². The number of ether oxygens (including phenoxy) is 2. The number of halogens is 2. The smallest absolute Gasteiger partial charge is 0.210 e. The van der Waals surface area contributed by atoms with Gasteiger partial charge in [-0.2, -0.15) is 0 Å². The van der Waals surface area contributed by atoms with Crippen LogP contribution in [0.1, 0.15) is 36.2 Å². The van der Waals surface area contributed by atoms with Gasteiger partial charge in [0, 0.05) is 60.9 Å². The van der Waals surface area contributed by atoms with Crippen molar-refractivity contribution < 1.29 is 23.5 Å². The van der Waals surface area contributed by atoms with Gasteiger partial charge in [0.25, 0.3) is 0 Å². The van der Waals surface area contributed by atoms with Gasteiger partial charge in [-0.15, -0.1) is 0 Å². The Balaban J connectivity index is 0.000000325. The number of benzene rings is 3. The van der Waals surface area contributed by atoms with Crippen molar-refractivity contribution in [2.75, 3.05) is 60.0 Å². The fourth-order valence-electron chi connectivity index (χ4n) is 5.65. The summed E-state index contributed by atoms with van der Waals surface area (Å²) in [6.07, 6.45) is 3.52. The van der Waals surface area contributed by atoms with Crippen molar-refractivity contribution in [1.82, 2.24) is 19.7 Å². The largest absolute Gasteiger partial charge is 0.497 e. The molecular formula is C35H42ClFN4O4. The Hall–Kier alpha value is -3.92. The average Bonchev–Trinajstić information content (AvgIpc) is 3.42. The number of methoxy groups -OCH3 is 1. The number of aldehydes is 1. The van der Waals surface area contributed by atoms with E-state index in [9.17, 15) is 9.18 Å². The number of rotatable bonds is 8. The summed E-state index contributed by atoms with van der Waals surface area (Å²) in [6, 6.07) is 19.8. The summed E-state index contributed by atoms with van der Waals surface area (Å²) >= 11 is 6.26. The predicted octanol–water partition coefficient (Wildman–Crippen LogP) is 5.98. The van der Waals surface area contributed by atoms with Crippen molar-refractivity contribution >= 4 is 35.2 Å². The van der Waals surface area contributed by atoms with Gasteiger partial charge in [-0.25, -0.2) is 4.39 Å². The molecule has 2 aliphatic rings. The van der Waals surface area contributed by atoms with Crippen molar-refractivity contribution in [1.29, 1.82) is 0 Å². The normalized spacial score (nSPS) is 16.5. The molecule has 0 radical (unpaired) electrons. The molecule has 4 aromatic rings. The number of H-pyrrole nitrogens is 1. The molecule has 1 saturated heterocycles. The third kappa shape index (κ3) is 9.29. The summed E-state index contributed by atoms with van der Waals surface area (Å²) in [5.74, 6) is 1.29. The van der Waals surface area contributed by atoms with Gasteiger partial charge in [0.1, 0.15) is 23.6 Å². The van der Waals surface area contributed by atoms with Crippen LogP contribution in [0.3, 0.4) is 0 Å². The van der Waals surface area contributed by atoms with Gasteiger partial charge >= 0.3 is 0 Å². The molecule has 3 aromatic carbocycles. The van der Waals surface area contributed by atoms with Crippen LogP contribution in [0.4, 0.5) is 4.39 Å². The number of nitrogens with one attached hydrogen (secondary N) is 1. The second kappa shape index (κ2) is 17.0. The topological polar surface area (TPSA) is 78.1 Å². The molecule has 240 valence electrons. The van der Waals surface area contributed by atoms with Gasteiger partial charge in [0.2, 0.25) is 6.41 Å². The standard InChI is InChI=1S/C26H31ClN4O2.C7H7FO.C2H4O/c1-29-11-13-30(14-12-29)9-3-15-33-21-5-2-4-19(16-21)26-25-22(8-10-31(26)18-32)23-17-20(27)6-7-24(23)28-25;1-9-7-4-2-6(8)3-5-7;1-2-3/h2,4-7,16-18,26,28H,3,8-15H2,1H3;2-5H,1H3;2H,1H3. The van der Waals surface area contributed by atoms with Crippen LogP contribution in [-0.2, 0) is 16.0 Å². The highest BCUT2D eigenvalue weighted by Crippen LogP contribution is 2.39. The van der Waals surface area contributed by atoms with E-state index in [2.05, 4.69) is 34.0 Å². The summed E-state index contributed by atoms with van der Waals surface area (Å²) in [6.45, 7) is 8.42. The molecule has 0 aliphatic carbocycles. The fourth-order valence-corrected chi connectivity index (χ4v) is 5.82. The van der Waals surface area contributed by atoms with Crippen LogP contribution in [-0.4, -0.2) is 92.4 Å². The number of amides is 1. The van der Waals surface area contributed by atoms with Gasteiger partial charge < -0.3 is 34.0 Å². The van der Waals surface area contributed by atoms with Gasteiger partial charge in [0.05, 0.1) is 19.8 Å². The number of likely N-dealkylation sites (N-methyl/N-ethyl adjacent to an activating group) is 1. The minimum atomic E-state index is -0.240. The van der Waals surface area contributed by atoms with E-state index in [0.717, 1.165) is 91.2 Å². The molecule has 1 amide bonds. The monoisotopic (exact) mass is 636 g/mol. The van der Waals surface area contributed by atoms with E-state index in [4.69, 9.17) is 25.9 Å². The zero-order valence-corrected chi connectivity index (χ0v) is 26.9. The van der Waals surface area contributed by atoms with Crippen molar-refractivity contribution in [3.63, 3.8) is 0 Å². The first-order chi connectivity index (χ1) is 21.9. The van der Waals surface area contributed by atoms with Gasteiger partial charge in [-0.3, -0.25) is 4.79 Å². The minimum absolute atomic E-state index is 0.161. The van der Waals surface area contributed by atoms with Gasteiger partial charge in [0.15, 0.2) is 0 Å². The molecule has 0 saturated carbocycles. The number of carbonyl (C=O) groups is 2. The number of hydrogen-bond donors (Lipinski definition) is 1. The van der Waals surface area contributed by atoms with Crippen molar-refractivity contribution in [3.05, 3.63) is 94.4 Å². The Morgan fingerprint density at radius 1 is 0.978 bits per heavy atom. The van der Waals surface area contributed by atoms with E-state index < -0.39 is 0 Å². The molecule has 2 aliphatic heterocycles. The molecule has 8 nitrogen and oxygen atoms in total. The highest BCUT2D eigenvalue weighted by molar-refractivity contribution is 6.31. The van der Waals surface area contributed by atoms with E-state index in [0.29, 0.717) is 18.9 Å². The fraction of sp³-hybridized carbons (Fsp3) is 0.371. The average molecular weight is 637 g/mol. The molecule has 3 heterocycles. The molecule has 1 N–H and O–H groups in total. The summed E-state index contributed by atoms with van der Waals surface area (Å²) in [5, 5.41) is 1.87. The molecule has 1 aromatic heterocycles. The van der Waals surface area contributed by atoms with Crippen molar-refractivity contribution in [2.45, 2.75) is 25.8 Å². The van der Waals surface area contributed by atoms with Crippen LogP contribution in [0.25, 0.3) is 10.9 Å². The first-order valence-corrected chi connectivity index (χ1v) is 15.6. The number of fused-ring (bicyclic) bond motifs is 3. The number of hydrogen-bond acceptors (Lipinski definition) is 6. The van der Waals surface area contributed by atoms with E-state index in [1.807, 2.05) is 35.2 Å².